The Bertz CT molecular complexity index is 387. The molecule has 0 saturated carbocycles. The van der Waals surface area contributed by atoms with Gasteiger partial charge in [0.2, 0.25) is 0 Å². The predicted molar refractivity (Wildman–Crippen MR) is 108 cm³/mol. The van der Waals surface area contributed by atoms with Crippen LogP contribution < -0.4 is 5.73 Å². The number of aliphatic hydroxyl groups excluding tert-OH is 1. The highest BCUT2D eigenvalue weighted by atomic mass is 19.1. The van der Waals surface area contributed by atoms with Crippen molar-refractivity contribution in [3.05, 3.63) is 35.8 Å². The van der Waals surface area contributed by atoms with Crippen LogP contribution in [0.1, 0.15) is 79.6 Å². The summed E-state index contributed by atoms with van der Waals surface area (Å²) in [5.74, 6) is 0.0819. The first-order valence-corrected chi connectivity index (χ1v) is 9.46. The van der Waals surface area contributed by atoms with E-state index in [1.165, 1.54) is 44.9 Å². The van der Waals surface area contributed by atoms with E-state index in [4.69, 9.17) is 10.8 Å². The molecule has 0 aliphatic rings. The molecular formula is C21H40F3NO. The van der Waals surface area contributed by atoms with Gasteiger partial charge in [0.1, 0.15) is 5.83 Å². The fourth-order valence-corrected chi connectivity index (χ4v) is 1.99. The smallest absolute Gasteiger partial charge is 0.148 e. The molecular weight excluding hydrogens is 339 g/mol. The van der Waals surface area contributed by atoms with Crippen LogP contribution in [0.15, 0.2) is 35.8 Å². The number of halogens is 3. The number of hydrogen-bond donors (Lipinski definition) is 2. The summed E-state index contributed by atoms with van der Waals surface area (Å²) in [7, 11) is 1.00. The minimum Gasteiger partial charge on any atom is -0.400 e. The summed E-state index contributed by atoms with van der Waals surface area (Å²) >= 11 is 0. The summed E-state index contributed by atoms with van der Waals surface area (Å²) in [5.41, 5.74) is 4.50. The Morgan fingerprint density at radius 1 is 1.00 bits per heavy atom. The molecule has 0 rings (SSSR count). The summed E-state index contributed by atoms with van der Waals surface area (Å²) in [6, 6.07) is 0. The molecule has 0 amide bonds. The van der Waals surface area contributed by atoms with Crippen LogP contribution in [0.3, 0.4) is 0 Å². The summed E-state index contributed by atoms with van der Waals surface area (Å²) in [5, 5.41) is 7.00. The van der Waals surface area contributed by atoms with Gasteiger partial charge in [-0.3, -0.25) is 0 Å². The lowest BCUT2D eigenvalue weighted by molar-refractivity contribution is 0.374. The first-order chi connectivity index (χ1) is 12.3. The van der Waals surface area contributed by atoms with Gasteiger partial charge in [-0.1, -0.05) is 72.6 Å². The van der Waals surface area contributed by atoms with Gasteiger partial charge in [-0.25, -0.2) is 13.2 Å². The maximum atomic E-state index is 12.5. The first-order valence-electron chi connectivity index (χ1n) is 9.46. The lowest BCUT2D eigenvalue weighted by Gasteiger charge is -2.14. The second kappa shape index (κ2) is 21.8. The number of unbranched alkanes of at least 4 members (excludes halogenated alkanes) is 5. The summed E-state index contributed by atoms with van der Waals surface area (Å²) in [4.78, 5) is 0. The highest BCUT2D eigenvalue weighted by molar-refractivity contribution is 5.26. The third-order valence-corrected chi connectivity index (χ3v) is 4.00. The molecule has 5 heteroatoms. The Morgan fingerprint density at radius 2 is 1.50 bits per heavy atom. The Hall–Kier alpha value is -1.23. The molecule has 0 bridgehead atoms. The van der Waals surface area contributed by atoms with E-state index >= 15 is 0 Å². The Balaban J connectivity index is -0.000000375. The van der Waals surface area contributed by atoms with E-state index in [2.05, 4.69) is 27.7 Å². The van der Waals surface area contributed by atoms with Crippen LogP contribution in [0.2, 0.25) is 0 Å². The van der Waals surface area contributed by atoms with Gasteiger partial charge in [0.25, 0.3) is 0 Å². The van der Waals surface area contributed by atoms with Crippen molar-refractivity contribution in [3.63, 3.8) is 0 Å². The second-order valence-corrected chi connectivity index (χ2v) is 6.60. The molecule has 0 spiro atoms. The predicted octanol–water partition coefficient (Wildman–Crippen LogP) is 7.12. The van der Waals surface area contributed by atoms with Crippen LogP contribution in [0.25, 0.3) is 0 Å². The second-order valence-electron chi connectivity index (χ2n) is 6.60. The van der Waals surface area contributed by atoms with E-state index in [-0.39, 0.29) is 6.33 Å². The minimum absolute atomic E-state index is 0.0797. The van der Waals surface area contributed by atoms with Gasteiger partial charge in [-0.05, 0) is 24.8 Å². The molecule has 26 heavy (non-hydrogen) atoms. The lowest BCUT2D eigenvalue weighted by atomic mass is 9.92. The maximum absolute atomic E-state index is 12.5. The van der Waals surface area contributed by atoms with Crippen molar-refractivity contribution in [3.8, 4) is 0 Å². The molecule has 2 nitrogen and oxygen atoms in total. The van der Waals surface area contributed by atoms with E-state index in [0.717, 1.165) is 25.9 Å². The van der Waals surface area contributed by atoms with E-state index in [1.807, 2.05) is 0 Å². The molecule has 0 fully saturated rings. The fraction of sp³-hybridized carbons (Fsp3) is 0.714. The number of nitrogens with two attached hydrogens (primary N) is 1. The van der Waals surface area contributed by atoms with Gasteiger partial charge in [0.15, 0.2) is 0 Å². The Kier molecular flexibility index (Phi) is 24.8. The monoisotopic (exact) mass is 379 g/mol. The van der Waals surface area contributed by atoms with Gasteiger partial charge in [0.05, 0.1) is 17.9 Å². The molecule has 156 valence electrons. The normalized spacial score (nSPS) is 13.6. The van der Waals surface area contributed by atoms with Gasteiger partial charge in [-0.15, -0.1) is 0 Å². The molecule has 0 aliphatic heterocycles. The molecule has 0 radical (unpaired) electrons. The molecule has 0 heterocycles. The first kappa shape index (κ1) is 29.5. The largest absolute Gasteiger partial charge is 0.400 e. The quantitative estimate of drug-likeness (QED) is 0.313. The number of aliphatic hydroxyl groups is 1. The topological polar surface area (TPSA) is 46.2 Å². The van der Waals surface area contributed by atoms with Crippen LogP contribution in [0.5, 0.6) is 0 Å². The molecule has 3 N–H and O–H groups in total. The van der Waals surface area contributed by atoms with Crippen molar-refractivity contribution in [2.75, 3.05) is 7.11 Å². The fourth-order valence-electron chi connectivity index (χ4n) is 1.99. The number of rotatable bonds is 10. The van der Waals surface area contributed by atoms with E-state index in [1.54, 1.807) is 0 Å². The standard InChI is InChI=1S/C13H28.C7H8F3N.CH4O/c1-5-6-7-8-9-10-11-13(4)12(2)3;1-5(9)4-6(10)7(11)2-3-8;1-2/h12-13H,5-11H2,1-4H3;2-4H,11H2,1H3;2H,1H3/b;3-2+,5-4+,7-6-;. The van der Waals surface area contributed by atoms with Gasteiger partial charge >= 0.3 is 0 Å². The van der Waals surface area contributed by atoms with Gasteiger partial charge < -0.3 is 10.8 Å². The number of hydrogen-bond acceptors (Lipinski definition) is 2. The SMILES string of the molecule is CCCCCCCCC(C)C(C)C.CO.C\C(F)=C/C(F)=C(N)\C=C\F. The van der Waals surface area contributed by atoms with Crippen molar-refractivity contribution in [2.45, 2.75) is 79.6 Å². The van der Waals surface area contributed by atoms with E-state index < -0.39 is 17.4 Å². The maximum Gasteiger partial charge on any atom is 0.148 e. The molecule has 1 atom stereocenters. The zero-order valence-corrected chi connectivity index (χ0v) is 17.5. The van der Waals surface area contributed by atoms with Crippen molar-refractivity contribution in [1.82, 2.24) is 0 Å². The molecule has 0 saturated heterocycles. The third kappa shape index (κ3) is 22.8. The van der Waals surface area contributed by atoms with Crippen molar-refractivity contribution >= 4 is 0 Å². The minimum atomic E-state index is -0.987. The Morgan fingerprint density at radius 3 is 1.92 bits per heavy atom. The number of allylic oxidation sites excluding steroid dienone is 4. The van der Waals surface area contributed by atoms with Crippen molar-refractivity contribution in [1.29, 1.82) is 0 Å². The van der Waals surface area contributed by atoms with Crippen molar-refractivity contribution in [2.24, 2.45) is 17.6 Å². The van der Waals surface area contributed by atoms with Crippen LogP contribution in [0, 0.1) is 11.8 Å². The van der Waals surface area contributed by atoms with Crippen LogP contribution in [-0.2, 0) is 0 Å². The summed E-state index contributed by atoms with van der Waals surface area (Å²) in [6.07, 6.45) is 11.4. The molecule has 1 unspecified atom stereocenters. The Labute approximate surface area is 159 Å². The zero-order valence-electron chi connectivity index (χ0n) is 17.5. The molecule has 0 aromatic carbocycles. The summed E-state index contributed by atoms with van der Waals surface area (Å²) in [6.45, 7) is 10.4. The average Bonchev–Trinajstić information content (AvgIpc) is 2.59. The molecule has 0 aromatic rings. The highest BCUT2D eigenvalue weighted by Crippen LogP contribution is 2.18. The summed E-state index contributed by atoms with van der Waals surface area (Å²) < 4.78 is 35.8. The van der Waals surface area contributed by atoms with E-state index in [0.29, 0.717) is 12.2 Å². The van der Waals surface area contributed by atoms with E-state index in [9.17, 15) is 13.2 Å². The van der Waals surface area contributed by atoms with Gasteiger partial charge in [-0.2, -0.15) is 0 Å². The van der Waals surface area contributed by atoms with Crippen LogP contribution in [-0.4, -0.2) is 12.2 Å². The highest BCUT2D eigenvalue weighted by Gasteiger charge is 2.05. The average molecular weight is 380 g/mol. The lowest BCUT2D eigenvalue weighted by Crippen LogP contribution is -2.03. The van der Waals surface area contributed by atoms with Crippen LogP contribution in [0.4, 0.5) is 13.2 Å². The zero-order chi connectivity index (χ0) is 21.0. The van der Waals surface area contributed by atoms with Gasteiger partial charge in [0, 0.05) is 13.2 Å². The third-order valence-electron chi connectivity index (χ3n) is 4.00. The van der Waals surface area contributed by atoms with Crippen LogP contribution >= 0.6 is 0 Å². The van der Waals surface area contributed by atoms with Crippen molar-refractivity contribution < 1.29 is 18.3 Å². The molecule has 0 aliphatic carbocycles. The molecule has 0 aromatic heterocycles.